The van der Waals surface area contributed by atoms with Crippen LogP contribution in [0.4, 0.5) is 0 Å². The first-order valence-corrected chi connectivity index (χ1v) is 13.3. The molecule has 0 aromatic heterocycles. The zero-order valence-corrected chi connectivity index (χ0v) is 17.2. The van der Waals surface area contributed by atoms with Crippen molar-refractivity contribution in [1.82, 2.24) is 0 Å². The number of benzene rings is 1. The Morgan fingerprint density at radius 2 is 1.38 bits per heavy atom. The summed E-state index contributed by atoms with van der Waals surface area (Å²) in [6.45, 7) is 16.5. The Hall–Kier alpha value is -0.806. The second-order valence-corrected chi connectivity index (χ2v) is 17.7. The Kier molecular flexibility index (Phi) is 6.94. The summed E-state index contributed by atoms with van der Waals surface area (Å²) in [5.41, 5.74) is 3.64. The van der Waals surface area contributed by atoms with Gasteiger partial charge in [-0.05, 0) is 41.2 Å². The summed E-state index contributed by atoms with van der Waals surface area (Å²) in [7, 11) is -1.86. The number of rotatable bonds is 7. The maximum absolute atomic E-state index is 6.37. The van der Waals surface area contributed by atoms with E-state index in [1.807, 2.05) is 6.92 Å². The van der Waals surface area contributed by atoms with Crippen LogP contribution in [0.25, 0.3) is 6.08 Å². The maximum Gasteiger partial charge on any atom is 0.206 e. The van der Waals surface area contributed by atoms with Crippen molar-refractivity contribution in [3.8, 4) is 5.75 Å². The third-order valence-electron chi connectivity index (χ3n) is 4.95. The standard InChI is InChI=1S/C18H32OSi2/c1-8-9-17-10-12-18(13-11-17)19-20-21(14(2)3,15(4)5)16(6)7/h8-16H,20H2,1-7H3. The lowest BCUT2D eigenvalue weighted by molar-refractivity contribution is 0.601. The van der Waals surface area contributed by atoms with Gasteiger partial charge in [-0.25, -0.2) is 0 Å². The second kappa shape index (κ2) is 7.99. The molecule has 0 radical (unpaired) electrons. The Labute approximate surface area is 134 Å². The Bertz CT molecular complexity index is 425. The average Bonchev–Trinajstić information content (AvgIpc) is 2.40. The summed E-state index contributed by atoms with van der Waals surface area (Å²) in [5.74, 6) is 1.06. The Morgan fingerprint density at radius 1 is 0.905 bits per heavy atom. The lowest BCUT2D eigenvalue weighted by Gasteiger charge is -2.42. The summed E-state index contributed by atoms with van der Waals surface area (Å²) in [4.78, 5) is 0. The van der Waals surface area contributed by atoms with Crippen molar-refractivity contribution in [2.45, 2.75) is 65.1 Å². The summed E-state index contributed by atoms with van der Waals surface area (Å²) in [6.07, 6.45) is 4.19. The molecule has 21 heavy (non-hydrogen) atoms. The van der Waals surface area contributed by atoms with Crippen molar-refractivity contribution in [2.75, 3.05) is 0 Å². The molecule has 0 bridgehead atoms. The summed E-state index contributed by atoms with van der Waals surface area (Å²) in [6, 6.07) is 8.55. The molecule has 1 nitrogen and oxygen atoms in total. The SMILES string of the molecule is CC=Cc1ccc(O[SiH2][Si](C(C)C)(C(C)C)C(C)C)cc1. The van der Waals surface area contributed by atoms with E-state index < -0.39 is 16.9 Å². The van der Waals surface area contributed by atoms with Gasteiger partial charge in [0.15, 0.2) is 0 Å². The van der Waals surface area contributed by atoms with E-state index in [0.717, 1.165) is 22.4 Å². The van der Waals surface area contributed by atoms with Crippen molar-refractivity contribution in [1.29, 1.82) is 0 Å². The van der Waals surface area contributed by atoms with Crippen molar-refractivity contribution >= 4 is 22.9 Å². The van der Waals surface area contributed by atoms with Gasteiger partial charge in [0.25, 0.3) is 0 Å². The van der Waals surface area contributed by atoms with Crippen LogP contribution >= 0.6 is 0 Å². The Balaban J connectivity index is 2.86. The molecule has 3 heteroatoms. The molecule has 0 heterocycles. The first-order valence-electron chi connectivity index (χ1n) is 8.20. The molecule has 1 aromatic carbocycles. The highest BCUT2D eigenvalue weighted by Gasteiger charge is 2.44. The van der Waals surface area contributed by atoms with E-state index in [4.69, 9.17) is 4.43 Å². The van der Waals surface area contributed by atoms with Gasteiger partial charge in [-0.1, -0.05) is 65.8 Å². The van der Waals surface area contributed by atoms with Crippen LogP contribution in [0.5, 0.6) is 5.75 Å². The minimum atomic E-state index is -1.34. The molecule has 0 aliphatic rings. The highest BCUT2D eigenvalue weighted by atomic mass is 29.2. The second-order valence-electron chi connectivity index (χ2n) is 6.93. The van der Waals surface area contributed by atoms with E-state index in [9.17, 15) is 0 Å². The average molecular weight is 321 g/mol. The predicted octanol–water partition coefficient (Wildman–Crippen LogP) is 5.36. The molecule has 0 amide bonds. The third kappa shape index (κ3) is 4.33. The molecule has 0 N–H and O–H groups in total. The van der Waals surface area contributed by atoms with E-state index in [2.05, 4.69) is 78.0 Å². The van der Waals surface area contributed by atoms with Crippen LogP contribution in [0.2, 0.25) is 16.6 Å². The molecular weight excluding hydrogens is 288 g/mol. The van der Waals surface area contributed by atoms with Gasteiger partial charge in [0.05, 0.1) is 7.59 Å². The molecule has 0 unspecified atom stereocenters. The van der Waals surface area contributed by atoms with Crippen LogP contribution in [0.15, 0.2) is 30.3 Å². The fourth-order valence-electron chi connectivity index (χ4n) is 3.58. The maximum atomic E-state index is 6.37. The first kappa shape index (κ1) is 18.2. The molecule has 1 aromatic rings. The molecule has 0 aliphatic carbocycles. The van der Waals surface area contributed by atoms with Crippen LogP contribution in [0.1, 0.15) is 54.0 Å². The topological polar surface area (TPSA) is 9.23 Å². The predicted molar refractivity (Wildman–Crippen MR) is 101 cm³/mol. The molecule has 0 fully saturated rings. The van der Waals surface area contributed by atoms with Crippen LogP contribution in [0, 0.1) is 0 Å². The van der Waals surface area contributed by atoms with Crippen molar-refractivity contribution in [2.24, 2.45) is 0 Å². The fraction of sp³-hybridized carbons (Fsp3) is 0.556. The largest absolute Gasteiger partial charge is 0.553 e. The van der Waals surface area contributed by atoms with Gasteiger partial charge in [-0.15, -0.1) is 0 Å². The third-order valence-corrected chi connectivity index (χ3v) is 21.7. The smallest absolute Gasteiger partial charge is 0.206 e. The van der Waals surface area contributed by atoms with Crippen molar-refractivity contribution in [3.63, 3.8) is 0 Å². The highest BCUT2D eigenvalue weighted by molar-refractivity contribution is 7.24. The quantitative estimate of drug-likeness (QED) is 0.615. The van der Waals surface area contributed by atoms with E-state index >= 15 is 0 Å². The van der Waals surface area contributed by atoms with E-state index in [0.29, 0.717) is 0 Å². The zero-order chi connectivity index (χ0) is 16.0. The molecule has 1 rings (SSSR count). The Morgan fingerprint density at radius 3 is 1.76 bits per heavy atom. The lowest BCUT2D eigenvalue weighted by atomic mass is 10.2. The molecule has 118 valence electrons. The van der Waals surface area contributed by atoms with Gasteiger partial charge in [0.1, 0.15) is 5.75 Å². The molecule has 0 atom stereocenters. The minimum Gasteiger partial charge on any atom is -0.553 e. The monoisotopic (exact) mass is 320 g/mol. The molecule has 0 aliphatic heterocycles. The fourth-order valence-corrected chi connectivity index (χ4v) is 13.4. The van der Waals surface area contributed by atoms with Gasteiger partial charge < -0.3 is 4.43 Å². The number of allylic oxidation sites excluding steroid dienone is 1. The normalized spacial score (nSPS) is 13.4. The van der Waals surface area contributed by atoms with Crippen molar-refractivity contribution < 1.29 is 4.43 Å². The molecule has 0 saturated heterocycles. The van der Waals surface area contributed by atoms with Crippen LogP contribution < -0.4 is 4.43 Å². The molecular formula is C18H32OSi2. The van der Waals surface area contributed by atoms with E-state index in [1.165, 1.54) is 5.56 Å². The van der Waals surface area contributed by atoms with Crippen LogP contribution in [-0.2, 0) is 0 Å². The molecule has 0 saturated carbocycles. The van der Waals surface area contributed by atoms with Gasteiger partial charge in [-0.3, -0.25) is 0 Å². The van der Waals surface area contributed by atoms with Crippen molar-refractivity contribution in [3.05, 3.63) is 35.9 Å². The van der Waals surface area contributed by atoms with Crippen LogP contribution in [-0.4, -0.2) is 16.9 Å². The number of hydrogen-bond donors (Lipinski definition) is 0. The van der Waals surface area contributed by atoms with Gasteiger partial charge in [0.2, 0.25) is 9.28 Å². The van der Waals surface area contributed by atoms with Gasteiger partial charge in [-0.2, -0.15) is 0 Å². The molecule has 0 spiro atoms. The summed E-state index contributed by atoms with van der Waals surface area (Å²) in [5, 5.41) is 0. The van der Waals surface area contributed by atoms with Crippen LogP contribution in [0.3, 0.4) is 0 Å². The summed E-state index contributed by atoms with van der Waals surface area (Å²) < 4.78 is 6.37. The van der Waals surface area contributed by atoms with Gasteiger partial charge in [0, 0.05) is 0 Å². The van der Waals surface area contributed by atoms with E-state index in [-0.39, 0.29) is 0 Å². The van der Waals surface area contributed by atoms with Gasteiger partial charge >= 0.3 is 0 Å². The number of hydrogen-bond acceptors (Lipinski definition) is 1. The lowest BCUT2D eigenvalue weighted by Crippen LogP contribution is -2.53. The van der Waals surface area contributed by atoms with E-state index in [1.54, 1.807) is 0 Å². The summed E-state index contributed by atoms with van der Waals surface area (Å²) >= 11 is 0. The first-order chi connectivity index (χ1) is 9.84. The zero-order valence-electron chi connectivity index (χ0n) is 14.8. The highest BCUT2D eigenvalue weighted by Crippen LogP contribution is 2.40. The minimum absolute atomic E-state index is 0.525.